The molecule has 0 radical (unpaired) electrons. The Balaban J connectivity index is 2.59. The van der Waals surface area contributed by atoms with Crippen molar-refractivity contribution >= 4 is 5.76 Å². The summed E-state index contributed by atoms with van der Waals surface area (Å²) in [6.45, 7) is 5.07. The van der Waals surface area contributed by atoms with Crippen LogP contribution < -0.4 is 4.74 Å². The highest BCUT2D eigenvalue weighted by Gasteiger charge is 2.35. The number of rotatable bonds is 5. The SMILES string of the molecule is C=COC(=CC)c1cc(C(F)(F)F)nn1-c1ccc(OC)cc1. The Labute approximate surface area is 131 Å². The highest BCUT2D eigenvalue weighted by atomic mass is 19.4. The molecule has 1 heterocycles. The Morgan fingerprint density at radius 3 is 2.39 bits per heavy atom. The molecule has 0 saturated heterocycles. The van der Waals surface area contributed by atoms with Crippen LogP contribution in [-0.2, 0) is 10.9 Å². The summed E-state index contributed by atoms with van der Waals surface area (Å²) >= 11 is 0. The van der Waals surface area contributed by atoms with Crippen LogP contribution in [0.15, 0.2) is 49.2 Å². The van der Waals surface area contributed by atoms with Crippen molar-refractivity contribution in [2.24, 2.45) is 0 Å². The molecular formula is C16H15F3N2O2. The number of methoxy groups -OCH3 is 1. The monoisotopic (exact) mass is 324 g/mol. The number of alkyl halides is 3. The standard InChI is InChI=1S/C16H15F3N2O2/c1-4-14(23-5-2)13-10-15(16(17,18)19)20-21(13)11-6-8-12(22-3)9-7-11/h4-10H,2H2,1,3H3. The van der Waals surface area contributed by atoms with Gasteiger partial charge in [0.2, 0.25) is 0 Å². The lowest BCUT2D eigenvalue weighted by molar-refractivity contribution is -0.141. The van der Waals surface area contributed by atoms with Gasteiger partial charge in [-0.1, -0.05) is 6.58 Å². The summed E-state index contributed by atoms with van der Waals surface area (Å²) in [6.07, 6.45) is -1.87. The molecule has 1 aromatic carbocycles. The molecule has 0 aliphatic rings. The fourth-order valence-corrected chi connectivity index (χ4v) is 1.98. The lowest BCUT2D eigenvalue weighted by atomic mass is 10.2. The van der Waals surface area contributed by atoms with Crippen molar-refractivity contribution < 1.29 is 22.6 Å². The van der Waals surface area contributed by atoms with Crippen LogP contribution in [0.25, 0.3) is 11.4 Å². The fraction of sp³-hybridized carbons (Fsp3) is 0.188. The minimum Gasteiger partial charge on any atom is -0.497 e. The maximum Gasteiger partial charge on any atom is 0.435 e. The van der Waals surface area contributed by atoms with E-state index in [-0.39, 0.29) is 11.5 Å². The molecular weight excluding hydrogens is 309 g/mol. The average molecular weight is 324 g/mol. The molecule has 0 amide bonds. The third kappa shape index (κ3) is 3.56. The Morgan fingerprint density at radius 2 is 1.91 bits per heavy atom. The molecule has 122 valence electrons. The molecule has 0 spiro atoms. The van der Waals surface area contributed by atoms with Crippen molar-refractivity contribution in [3.05, 3.63) is 60.6 Å². The van der Waals surface area contributed by atoms with E-state index in [1.54, 1.807) is 37.3 Å². The molecule has 0 bridgehead atoms. The first-order valence-corrected chi connectivity index (χ1v) is 6.66. The van der Waals surface area contributed by atoms with Crippen LogP contribution in [0.3, 0.4) is 0 Å². The molecule has 23 heavy (non-hydrogen) atoms. The Bertz CT molecular complexity index is 716. The number of halogens is 3. The molecule has 0 atom stereocenters. The number of ether oxygens (including phenoxy) is 2. The number of hydrogen-bond acceptors (Lipinski definition) is 3. The van der Waals surface area contributed by atoms with Crippen molar-refractivity contribution in [2.45, 2.75) is 13.1 Å². The molecule has 2 rings (SSSR count). The predicted molar refractivity (Wildman–Crippen MR) is 80.1 cm³/mol. The summed E-state index contributed by atoms with van der Waals surface area (Å²) < 4.78 is 50.4. The molecule has 1 aromatic heterocycles. The first-order valence-electron chi connectivity index (χ1n) is 6.66. The Morgan fingerprint density at radius 1 is 1.26 bits per heavy atom. The summed E-state index contributed by atoms with van der Waals surface area (Å²) in [5, 5.41) is 3.65. The molecule has 0 saturated carbocycles. The van der Waals surface area contributed by atoms with Gasteiger partial charge < -0.3 is 9.47 Å². The maximum atomic E-state index is 13.0. The predicted octanol–water partition coefficient (Wildman–Crippen LogP) is 4.42. The number of nitrogens with zero attached hydrogens (tertiary/aromatic N) is 2. The first kappa shape index (κ1) is 16.7. The lowest BCUT2D eigenvalue weighted by Gasteiger charge is -2.10. The van der Waals surface area contributed by atoms with Crippen molar-refractivity contribution in [3.8, 4) is 11.4 Å². The summed E-state index contributed by atoms with van der Waals surface area (Å²) in [7, 11) is 1.51. The van der Waals surface area contributed by atoms with Gasteiger partial charge in [-0.3, -0.25) is 0 Å². The van der Waals surface area contributed by atoms with Gasteiger partial charge in [0.25, 0.3) is 0 Å². The second-order valence-electron chi connectivity index (χ2n) is 4.46. The maximum absolute atomic E-state index is 13.0. The number of allylic oxidation sites excluding steroid dienone is 1. The third-order valence-corrected chi connectivity index (χ3v) is 3.04. The van der Waals surface area contributed by atoms with Crippen LogP contribution in [-0.4, -0.2) is 16.9 Å². The van der Waals surface area contributed by atoms with Crippen LogP contribution in [0.4, 0.5) is 13.2 Å². The largest absolute Gasteiger partial charge is 0.497 e. The van der Waals surface area contributed by atoms with E-state index >= 15 is 0 Å². The minimum atomic E-state index is -4.56. The molecule has 0 unspecified atom stereocenters. The first-order chi connectivity index (χ1) is 10.9. The second kappa shape index (κ2) is 6.60. The van der Waals surface area contributed by atoms with E-state index in [2.05, 4.69) is 11.7 Å². The second-order valence-corrected chi connectivity index (χ2v) is 4.46. The topological polar surface area (TPSA) is 36.3 Å². The lowest BCUT2D eigenvalue weighted by Crippen LogP contribution is -2.07. The zero-order valence-corrected chi connectivity index (χ0v) is 12.6. The van der Waals surface area contributed by atoms with Gasteiger partial charge in [-0.25, -0.2) is 4.68 Å². The summed E-state index contributed by atoms with van der Waals surface area (Å²) in [5.41, 5.74) is -0.386. The molecule has 0 aliphatic heterocycles. The van der Waals surface area contributed by atoms with Gasteiger partial charge in [-0.2, -0.15) is 18.3 Å². The quantitative estimate of drug-likeness (QED) is 0.764. The molecule has 2 aromatic rings. The van der Waals surface area contributed by atoms with Crippen molar-refractivity contribution in [3.63, 3.8) is 0 Å². The van der Waals surface area contributed by atoms with Crippen LogP contribution in [0, 0.1) is 0 Å². The molecule has 0 aliphatic carbocycles. The number of aromatic nitrogens is 2. The third-order valence-electron chi connectivity index (χ3n) is 3.04. The van der Waals surface area contributed by atoms with Gasteiger partial charge in [-0.05, 0) is 37.3 Å². The van der Waals surface area contributed by atoms with E-state index in [4.69, 9.17) is 9.47 Å². The van der Waals surface area contributed by atoms with Crippen molar-refractivity contribution in [2.75, 3.05) is 7.11 Å². The van der Waals surface area contributed by atoms with Crippen molar-refractivity contribution in [1.29, 1.82) is 0 Å². The van der Waals surface area contributed by atoms with E-state index in [0.717, 1.165) is 12.3 Å². The Kier molecular flexibility index (Phi) is 4.78. The fourth-order valence-electron chi connectivity index (χ4n) is 1.98. The Hall–Kier alpha value is -2.70. The van der Waals surface area contributed by atoms with Crippen molar-refractivity contribution in [1.82, 2.24) is 9.78 Å². The average Bonchev–Trinajstić information content (AvgIpc) is 2.98. The highest BCUT2D eigenvalue weighted by molar-refractivity contribution is 5.60. The van der Waals surface area contributed by atoms with E-state index < -0.39 is 11.9 Å². The molecule has 0 N–H and O–H groups in total. The van der Waals surface area contributed by atoms with Gasteiger partial charge in [0.1, 0.15) is 17.2 Å². The van der Waals surface area contributed by atoms with Gasteiger partial charge >= 0.3 is 6.18 Å². The normalized spacial score (nSPS) is 12.1. The van der Waals surface area contributed by atoms with Gasteiger partial charge in [0.15, 0.2) is 5.69 Å². The number of benzene rings is 1. The molecule has 0 fully saturated rings. The van der Waals surface area contributed by atoms with E-state index in [1.165, 1.54) is 11.8 Å². The van der Waals surface area contributed by atoms with Crippen LogP contribution in [0.5, 0.6) is 5.75 Å². The number of hydrogen-bond donors (Lipinski definition) is 0. The van der Waals surface area contributed by atoms with E-state index in [1.807, 2.05) is 0 Å². The van der Waals surface area contributed by atoms with Gasteiger partial charge in [-0.15, -0.1) is 0 Å². The zero-order chi connectivity index (χ0) is 17.0. The smallest absolute Gasteiger partial charge is 0.435 e. The van der Waals surface area contributed by atoms with Crippen LogP contribution in [0.2, 0.25) is 0 Å². The van der Waals surface area contributed by atoms with E-state index in [9.17, 15) is 13.2 Å². The zero-order valence-electron chi connectivity index (χ0n) is 12.6. The summed E-state index contributed by atoms with van der Waals surface area (Å²) in [6, 6.07) is 7.42. The minimum absolute atomic E-state index is 0.171. The van der Waals surface area contributed by atoms with Crippen LogP contribution in [0.1, 0.15) is 18.3 Å². The summed E-state index contributed by atoms with van der Waals surface area (Å²) in [5.74, 6) is 0.811. The van der Waals surface area contributed by atoms with E-state index in [0.29, 0.717) is 11.4 Å². The molecule has 7 heteroatoms. The highest BCUT2D eigenvalue weighted by Crippen LogP contribution is 2.32. The van der Waals surface area contributed by atoms with Gasteiger partial charge in [0, 0.05) is 6.07 Å². The summed E-state index contributed by atoms with van der Waals surface area (Å²) in [4.78, 5) is 0. The van der Waals surface area contributed by atoms with Gasteiger partial charge in [0.05, 0.1) is 19.1 Å². The van der Waals surface area contributed by atoms with Crippen LogP contribution >= 0.6 is 0 Å². The molecule has 4 nitrogen and oxygen atoms in total.